The summed E-state index contributed by atoms with van der Waals surface area (Å²) >= 11 is 0. The molecule has 0 radical (unpaired) electrons. The third-order valence-electron chi connectivity index (χ3n) is 4.67. The summed E-state index contributed by atoms with van der Waals surface area (Å²) in [5.74, 6) is 1.49. The van der Waals surface area contributed by atoms with Crippen LogP contribution >= 0.6 is 0 Å². The van der Waals surface area contributed by atoms with Crippen LogP contribution < -0.4 is 0 Å². The second-order valence-corrected chi connectivity index (χ2v) is 5.84. The summed E-state index contributed by atoms with van der Waals surface area (Å²) in [6.07, 6.45) is 6.85. The average Bonchev–Trinajstić information content (AvgIpc) is 2.63. The number of furan rings is 1. The quantitative estimate of drug-likeness (QED) is 0.696. The molecule has 1 aromatic heterocycles. The fourth-order valence-electron chi connectivity index (χ4n) is 3.49. The lowest BCUT2D eigenvalue weighted by Crippen LogP contribution is -2.47. The largest absolute Gasteiger partial charge is 0.469 e. The van der Waals surface area contributed by atoms with Gasteiger partial charge in [-0.1, -0.05) is 18.6 Å². The molecule has 2 aliphatic carbocycles. The van der Waals surface area contributed by atoms with Crippen LogP contribution in [-0.2, 0) is 6.42 Å². The van der Waals surface area contributed by atoms with Gasteiger partial charge in [-0.15, -0.1) is 0 Å². The van der Waals surface area contributed by atoms with E-state index in [0.29, 0.717) is 0 Å². The number of aryl methyl sites for hydroxylation is 1. The zero-order chi connectivity index (χ0) is 12.2. The van der Waals surface area contributed by atoms with Crippen LogP contribution in [0.5, 0.6) is 0 Å². The summed E-state index contributed by atoms with van der Waals surface area (Å²) in [7, 11) is 0. The lowest BCUT2D eigenvalue weighted by Gasteiger charge is -2.46. The molecule has 0 amide bonds. The number of fused-ring (bicyclic) bond motifs is 3. The minimum Gasteiger partial charge on any atom is -0.469 e. The third-order valence-corrected chi connectivity index (χ3v) is 4.67. The summed E-state index contributed by atoms with van der Waals surface area (Å²) in [4.78, 5) is 0. The van der Waals surface area contributed by atoms with E-state index in [9.17, 15) is 5.11 Å². The Kier molecular flexibility index (Phi) is 2.27. The molecule has 2 nitrogen and oxygen atoms in total. The molecule has 92 valence electrons. The fraction of sp³-hybridized carbons (Fsp3) is 0.600. The lowest BCUT2D eigenvalue weighted by molar-refractivity contribution is -0.0458. The molecule has 0 aromatic carbocycles. The van der Waals surface area contributed by atoms with Crippen molar-refractivity contribution in [1.29, 1.82) is 0 Å². The molecule has 0 spiro atoms. The van der Waals surface area contributed by atoms with Crippen LogP contribution in [0.15, 0.2) is 22.3 Å². The molecule has 0 saturated heterocycles. The topological polar surface area (TPSA) is 33.4 Å². The van der Waals surface area contributed by atoms with Gasteiger partial charge in [0.05, 0.1) is 11.9 Å². The summed E-state index contributed by atoms with van der Waals surface area (Å²) in [6, 6.07) is 0. The first-order valence-electron chi connectivity index (χ1n) is 6.49. The van der Waals surface area contributed by atoms with Crippen molar-refractivity contribution in [3.8, 4) is 0 Å². The van der Waals surface area contributed by atoms with Crippen molar-refractivity contribution in [1.82, 2.24) is 0 Å². The standard InChI is InChI=1S/C15H20O2/c1-9-4-5-15(16)11(3)7-13-14(12(15)6-9)10(2)8-17-13/h6,8,11-12,16H,4-5,7H2,1-3H3. The average molecular weight is 232 g/mol. The molecule has 1 heterocycles. The van der Waals surface area contributed by atoms with E-state index in [1.807, 2.05) is 6.26 Å². The van der Waals surface area contributed by atoms with Crippen molar-refractivity contribution in [2.45, 2.75) is 51.6 Å². The molecule has 3 rings (SSSR count). The first-order chi connectivity index (χ1) is 8.02. The molecule has 3 atom stereocenters. The molecular weight excluding hydrogens is 212 g/mol. The van der Waals surface area contributed by atoms with Crippen molar-refractivity contribution in [2.75, 3.05) is 0 Å². The van der Waals surface area contributed by atoms with Gasteiger partial charge in [-0.05, 0) is 38.2 Å². The van der Waals surface area contributed by atoms with E-state index in [-0.39, 0.29) is 11.8 Å². The van der Waals surface area contributed by atoms with Crippen LogP contribution in [0.1, 0.15) is 49.5 Å². The van der Waals surface area contributed by atoms with Crippen LogP contribution in [0.4, 0.5) is 0 Å². The van der Waals surface area contributed by atoms with E-state index < -0.39 is 5.60 Å². The van der Waals surface area contributed by atoms with Gasteiger partial charge >= 0.3 is 0 Å². The summed E-state index contributed by atoms with van der Waals surface area (Å²) in [5.41, 5.74) is 3.24. The van der Waals surface area contributed by atoms with E-state index in [2.05, 4.69) is 26.8 Å². The summed E-state index contributed by atoms with van der Waals surface area (Å²) < 4.78 is 5.65. The minimum absolute atomic E-state index is 0.133. The molecular formula is C15H20O2. The van der Waals surface area contributed by atoms with Crippen molar-refractivity contribution >= 4 is 0 Å². The highest BCUT2D eigenvalue weighted by molar-refractivity contribution is 5.42. The van der Waals surface area contributed by atoms with Gasteiger partial charge in [-0.25, -0.2) is 0 Å². The number of hydrogen-bond donors (Lipinski definition) is 1. The SMILES string of the molecule is CC1=CC2c3c(C)coc3CC(C)C2(O)CC1. The third kappa shape index (κ3) is 1.43. The number of rotatable bonds is 0. The second-order valence-electron chi connectivity index (χ2n) is 5.84. The highest BCUT2D eigenvalue weighted by Gasteiger charge is 2.48. The van der Waals surface area contributed by atoms with Gasteiger partial charge in [0.1, 0.15) is 5.76 Å². The maximum Gasteiger partial charge on any atom is 0.108 e. The number of allylic oxidation sites excluding steroid dienone is 1. The monoisotopic (exact) mass is 232 g/mol. The van der Waals surface area contributed by atoms with Gasteiger partial charge in [0.2, 0.25) is 0 Å². The van der Waals surface area contributed by atoms with Gasteiger partial charge in [0, 0.05) is 17.9 Å². The smallest absolute Gasteiger partial charge is 0.108 e. The maximum absolute atomic E-state index is 11.0. The number of aliphatic hydroxyl groups is 1. The van der Waals surface area contributed by atoms with Gasteiger partial charge < -0.3 is 9.52 Å². The molecule has 3 unspecified atom stereocenters. The molecule has 1 aromatic rings. The normalized spacial score (nSPS) is 36.1. The fourth-order valence-corrected chi connectivity index (χ4v) is 3.49. The summed E-state index contributed by atoms with van der Waals surface area (Å²) in [5, 5.41) is 11.0. The molecule has 0 bridgehead atoms. The van der Waals surface area contributed by atoms with Crippen LogP contribution in [-0.4, -0.2) is 10.7 Å². The maximum atomic E-state index is 11.0. The Balaban J connectivity index is 2.19. The zero-order valence-electron chi connectivity index (χ0n) is 10.8. The molecule has 0 fully saturated rings. The molecule has 0 saturated carbocycles. The Morgan fingerprint density at radius 1 is 1.41 bits per heavy atom. The van der Waals surface area contributed by atoms with Gasteiger partial charge in [0.25, 0.3) is 0 Å². The lowest BCUT2D eigenvalue weighted by atomic mass is 9.63. The Bertz CT molecular complexity index is 483. The molecule has 17 heavy (non-hydrogen) atoms. The number of hydrogen-bond acceptors (Lipinski definition) is 2. The molecule has 1 N–H and O–H groups in total. The minimum atomic E-state index is -0.568. The predicted octanol–water partition coefficient (Wildman–Crippen LogP) is 3.34. The van der Waals surface area contributed by atoms with Crippen LogP contribution in [0.3, 0.4) is 0 Å². The van der Waals surface area contributed by atoms with E-state index in [1.54, 1.807) is 0 Å². The Morgan fingerprint density at radius 3 is 2.94 bits per heavy atom. The molecule has 0 aliphatic heterocycles. The Morgan fingerprint density at radius 2 is 2.18 bits per heavy atom. The van der Waals surface area contributed by atoms with Crippen LogP contribution in [0.2, 0.25) is 0 Å². The molecule has 2 aliphatic rings. The van der Waals surface area contributed by atoms with Crippen molar-refractivity contribution < 1.29 is 9.52 Å². The van der Waals surface area contributed by atoms with E-state index >= 15 is 0 Å². The van der Waals surface area contributed by atoms with E-state index in [0.717, 1.165) is 25.0 Å². The first kappa shape index (κ1) is 11.1. The second kappa shape index (κ2) is 3.49. The van der Waals surface area contributed by atoms with E-state index in [4.69, 9.17) is 4.42 Å². The van der Waals surface area contributed by atoms with Crippen LogP contribution in [0, 0.1) is 12.8 Å². The highest BCUT2D eigenvalue weighted by Crippen LogP contribution is 2.50. The van der Waals surface area contributed by atoms with Crippen molar-refractivity contribution in [2.24, 2.45) is 5.92 Å². The summed E-state index contributed by atoms with van der Waals surface area (Å²) in [6.45, 7) is 6.38. The first-order valence-corrected chi connectivity index (χ1v) is 6.49. The van der Waals surface area contributed by atoms with Crippen molar-refractivity contribution in [3.05, 3.63) is 34.8 Å². The predicted molar refractivity (Wildman–Crippen MR) is 67.0 cm³/mol. The zero-order valence-corrected chi connectivity index (χ0v) is 10.8. The van der Waals surface area contributed by atoms with E-state index in [1.165, 1.54) is 16.7 Å². The van der Waals surface area contributed by atoms with Gasteiger partial charge in [0.15, 0.2) is 0 Å². The van der Waals surface area contributed by atoms with Gasteiger partial charge in [-0.3, -0.25) is 0 Å². The van der Waals surface area contributed by atoms with Crippen LogP contribution in [0.25, 0.3) is 0 Å². The Labute approximate surface area is 102 Å². The Hall–Kier alpha value is -1.02. The van der Waals surface area contributed by atoms with Crippen molar-refractivity contribution in [3.63, 3.8) is 0 Å². The highest BCUT2D eigenvalue weighted by atomic mass is 16.3. The van der Waals surface area contributed by atoms with Gasteiger partial charge in [-0.2, -0.15) is 0 Å². The molecule has 2 heteroatoms.